The van der Waals surface area contributed by atoms with Gasteiger partial charge in [-0.25, -0.2) is 4.79 Å². The van der Waals surface area contributed by atoms with Crippen LogP contribution >= 0.6 is 0 Å². The van der Waals surface area contributed by atoms with Gasteiger partial charge in [-0.15, -0.1) is 0 Å². The van der Waals surface area contributed by atoms with Crippen LogP contribution in [0.3, 0.4) is 0 Å². The Bertz CT molecular complexity index is 563. The quantitative estimate of drug-likeness (QED) is 0.727. The zero-order valence-corrected chi connectivity index (χ0v) is 13.5. The molecule has 1 aliphatic carbocycles. The molecule has 0 radical (unpaired) electrons. The van der Waals surface area contributed by atoms with Crippen molar-refractivity contribution in [3.8, 4) is 0 Å². The molecular weight excluding hydrogens is 282 g/mol. The van der Waals surface area contributed by atoms with E-state index in [-0.39, 0.29) is 29.8 Å². The highest BCUT2D eigenvalue weighted by molar-refractivity contribution is 5.75. The van der Waals surface area contributed by atoms with E-state index in [2.05, 4.69) is 24.5 Å². The normalized spacial score (nSPS) is 19.3. The van der Waals surface area contributed by atoms with Crippen LogP contribution in [0, 0.1) is 12.3 Å². The number of furan rings is 1. The van der Waals surface area contributed by atoms with Gasteiger partial charge < -0.3 is 20.8 Å². The molecule has 1 atom stereocenters. The number of carbonyl (C=O) groups is 2. The number of rotatable bonds is 5. The molecule has 0 saturated heterocycles. The number of urea groups is 1. The fourth-order valence-electron chi connectivity index (χ4n) is 2.99. The predicted octanol–water partition coefficient (Wildman–Crippen LogP) is 2.17. The first-order valence-corrected chi connectivity index (χ1v) is 7.69. The minimum absolute atomic E-state index is 0.0488. The Kier molecular flexibility index (Phi) is 4.78. The summed E-state index contributed by atoms with van der Waals surface area (Å²) in [4.78, 5) is 22.7. The Hall–Kier alpha value is -1.98. The highest BCUT2D eigenvalue weighted by Crippen LogP contribution is 2.41. The fraction of sp³-hybridized carbons (Fsp3) is 0.625. The molecule has 4 N–H and O–H groups in total. The van der Waals surface area contributed by atoms with Crippen molar-refractivity contribution < 1.29 is 14.0 Å². The molecule has 122 valence electrons. The van der Waals surface area contributed by atoms with Gasteiger partial charge in [0.1, 0.15) is 11.5 Å². The number of hydrogen-bond acceptors (Lipinski definition) is 3. The Labute approximate surface area is 130 Å². The van der Waals surface area contributed by atoms with Crippen molar-refractivity contribution in [3.05, 3.63) is 23.2 Å². The van der Waals surface area contributed by atoms with Crippen LogP contribution in [-0.2, 0) is 11.2 Å². The maximum atomic E-state index is 12.0. The molecule has 22 heavy (non-hydrogen) atoms. The van der Waals surface area contributed by atoms with E-state index in [1.54, 1.807) is 0 Å². The summed E-state index contributed by atoms with van der Waals surface area (Å²) in [6, 6.07) is 1.73. The molecule has 2 rings (SSSR count). The summed E-state index contributed by atoms with van der Waals surface area (Å²) in [5, 5.41) is 5.77. The number of primary amides is 1. The molecule has 3 amide bonds. The summed E-state index contributed by atoms with van der Waals surface area (Å²) < 4.78 is 5.76. The van der Waals surface area contributed by atoms with Crippen LogP contribution in [0.1, 0.15) is 56.2 Å². The summed E-state index contributed by atoms with van der Waals surface area (Å²) in [6.07, 6.45) is 2.58. The average Bonchev–Trinajstić information content (AvgIpc) is 2.73. The number of aryl methyl sites for hydroxylation is 1. The average molecular weight is 307 g/mol. The van der Waals surface area contributed by atoms with Crippen molar-refractivity contribution in [2.75, 3.05) is 6.54 Å². The van der Waals surface area contributed by atoms with E-state index in [1.807, 2.05) is 13.0 Å². The lowest BCUT2D eigenvalue weighted by Crippen LogP contribution is -2.41. The standard InChI is InChI=1S/C16H25N3O3/c1-10-7-11-12(8-16(2,3)9-13(11)22-10)19-15(21)18-6-4-5-14(17)20/h7,12H,4-6,8-9H2,1-3H3,(H2,17,20)(H2,18,19,21)/t12-/m0/s1. The number of fused-ring (bicyclic) bond motifs is 1. The molecule has 0 saturated carbocycles. The van der Waals surface area contributed by atoms with Crippen LogP contribution in [0.5, 0.6) is 0 Å². The zero-order chi connectivity index (χ0) is 16.3. The summed E-state index contributed by atoms with van der Waals surface area (Å²) in [6.45, 7) is 6.70. The molecule has 6 nitrogen and oxygen atoms in total. The first kappa shape index (κ1) is 16.4. The number of nitrogens with one attached hydrogen (secondary N) is 2. The van der Waals surface area contributed by atoms with Crippen molar-refractivity contribution in [2.45, 2.75) is 52.5 Å². The highest BCUT2D eigenvalue weighted by atomic mass is 16.3. The monoisotopic (exact) mass is 307 g/mol. The zero-order valence-electron chi connectivity index (χ0n) is 13.5. The molecular formula is C16H25N3O3. The molecule has 0 bridgehead atoms. The molecule has 0 aliphatic heterocycles. The van der Waals surface area contributed by atoms with Gasteiger partial charge in [0.2, 0.25) is 5.91 Å². The highest BCUT2D eigenvalue weighted by Gasteiger charge is 2.35. The molecule has 1 aliphatic rings. The van der Waals surface area contributed by atoms with Crippen LogP contribution in [0.25, 0.3) is 0 Å². The van der Waals surface area contributed by atoms with Crippen LogP contribution < -0.4 is 16.4 Å². The summed E-state index contributed by atoms with van der Waals surface area (Å²) in [5.74, 6) is 1.49. The van der Waals surface area contributed by atoms with Gasteiger partial charge in [-0.2, -0.15) is 0 Å². The van der Waals surface area contributed by atoms with Gasteiger partial charge in [0.05, 0.1) is 6.04 Å². The molecule has 1 aromatic heterocycles. The van der Waals surface area contributed by atoms with Gasteiger partial charge in [0.15, 0.2) is 0 Å². The lowest BCUT2D eigenvalue weighted by Gasteiger charge is -2.34. The van der Waals surface area contributed by atoms with Gasteiger partial charge in [0, 0.05) is 24.9 Å². The smallest absolute Gasteiger partial charge is 0.315 e. The van der Waals surface area contributed by atoms with E-state index in [9.17, 15) is 9.59 Å². The number of amides is 3. The molecule has 1 heterocycles. The minimum Gasteiger partial charge on any atom is -0.466 e. The van der Waals surface area contributed by atoms with Crippen molar-refractivity contribution in [3.63, 3.8) is 0 Å². The first-order valence-electron chi connectivity index (χ1n) is 7.69. The van der Waals surface area contributed by atoms with Crippen LogP contribution in [0.15, 0.2) is 10.5 Å². The molecule has 0 unspecified atom stereocenters. The first-order chi connectivity index (χ1) is 10.3. The molecule has 1 aromatic rings. The predicted molar refractivity (Wildman–Crippen MR) is 83.3 cm³/mol. The third-order valence-electron chi connectivity index (χ3n) is 3.93. The third-order valence-corrected chi connectivity index (χ3v) is 3.93. The Morgan fingerprint density at radius 1 is 1.45 bits per heavy atom. The minimum atomic E-state index is -0.352. The van der Waals surface area contributed by atoms with E-state index < -0.39 is 0 Å². The number of hydrogen-bond donors (Lipinski definition) is 3. The fourth-order valence-corrected chi connectivity index (χ4v) is 2.99. The maximum Gasteiger partial charge on any atom is 0.315 e. The van der Waals surface area contributed by atoms with E-state index in [4.69, 9.17) is 10.2 Å². The van der Waals surface area contributed by atoms with E-state index in [0.29, 0.717) is 13.0 Å². The van der Waals surface area contributed by atoms with Gasteiger partial charge in [0.25, 0.3) is 0 Å². The molecule has 0 fully saturated rings. The molecule has 0 aromatic carbocycles. The van der Waals surface area contributed by atoms with Crippen molar-refractivity contribution in [2.24, 2.45) is 11.1 Å². The van der Waals surface area contributed by atoms with E-state index >= 15 is 0 Å². The third kappa shape index (κ3) is 4.26. The second-order valence-corrected chi connectivity index (χ2v) is 6.80. The van der Waals surface area contributed by atoms with Crippen molar-refractivity contribution in [1.29, 1.82) is 0 Å². The number of carbonyl (C=O) groups excluding carboxylic acids is 2. The van der Waals surface area contributed by atoms with Crippen LogP contribution in [0.4, 0.5) is 4.79 Å². The van der Waals surface area contributed by atoms with E-state index in [1.165, 1.54) is 0 Å². The maximum absolute atomic E-state index is 12.0. The molecule has 0 spiro atoms. The summed E-state index contributed by atoms with van der Waals surface area (Å²) >= 11 is 0. The Balaban J connectivity index is 1.94. The van der Waals surface area contributed by atoms with Crippen LogP contribution in [0.2, 0.25) is 0 Å². The Morgan fingerprint density at radius 2 is 2.18 bits per heavy atom. The Morgan fingerprint density at radius 3 is 2.86 bits per heavy atom. The van der Waals surface area contributed by atoms with Gasteiger partial charge >= 0.3 is 6.03 Å². The lowest BCUT2D eigenvalue weighted by atomic mass is 9.75. The number of nitrogens with two attached hydrogens (primary N) is 1. The summed E-state index contributed by atoms with van der Waals surface area (Å²) in [7, 11) is 0. The van der Waals surface area contributed by atoms with Crippen molar-refractivity contribution >= 4 is 11.9 Å². The van der Waals surface area contributed by atoms with Crippen molar-refractivity contribution in [1.82, 2.24) is 10.6 Å². The van der Waals surface area contributed by atoms with E-state index in [0.717, 1.165) is 29.9 Å². The van der Waals surface area contributed by atoms with Crippen LogP contribution in [-0.4, -0.2) is 18.5 Å². The summed E-state index contributed by atoms with van der Waals surface area (Å²) in [5.41, 5.74) is 6.22. The second-order valence-electron chi connectivity index (χ2n) is 6.80. The van der Waals surface area contributed by atoms with Gasteiger partial charge in [-0.05, 0) is 31.2 Å². The SMILES string of the molecule is Cc1cc2c(o1)CC(C)(C)C[C@@H]2NC(=O)NCCCC(N)=O. The lowest BCUT2D eigenvalue weighted by molar-refractivity contribution is -0.118. The molecule has 6 heteroatoms. The van der Waals surface area contributed by atoms with Gasteiger partial charge in [-0.1, -0.05) is 13.8 Å². The largest absolute Gasteiger partial charge is 0.466 e. The second kappa shape index (κ2) is 6.42. The van der Waals surface area contributed by atoms with Gasteiger partial charge in [-0.3, -0.25) is 4.79 Å². The topological polar surface area (TPSA) is 97.4 Å².